The fourth-order valence-corrected chi connectivity index (χ4v) is 3.02. The third-order valence-electron chi connectivity index (χ3n) is 4.47. The van der Waals surface area contributed by atoms with Gasteiger partial charge in [0.25, 0.3) is 5.91 Å². The molecule has 1 amide bonds. The highest BCUT2D eigenvalue weighted by molar-refractivity contribution is 5.96. The third kappa shape index (κ3) is 5.36. The molecule has 0 unspecified atom stereocenters. The summed E-state index contributed by atoms with van der Waals surface area (Å²) in [5, 5.41) is 7.08. The Morgan fingerprint density at radius 2 is 1.77 bits per heavy atom. The summed E-state index contributed by atoms with van der Waals surface area (Å²) in [7, 11) is 0. The molecule has 0 aliphatic rings. The number of carbonyl (C=O) groups excluding carboxylic acids is 1. The second kappa shape index (κ2) is 9.25. The Bertz CT molecular complexity index is 1170. The predicted octanol–water partition coefficient (Wildman–Crippen LogP) is 4.31. The molecule has 6 nitrogen and oxygen atoms in total. The number of ether oxygens (including phenoxy) is 1. The van der Waals surface area contributed by atoms with Crippen molar-refractivity contribution in [2.24, 2.45) is 0 Å². The normalized spacial score (nSPS) is 10.8. The van der Waals surface area contributed by atoms with Crippen molar-refractivity contribution in [3.05, 3.63) is 107 Å². The van der Waals surface area contributed by atoms with Crippen LogP contribution in [0, 0.1) is 11.6 Å². The zero-order valence-electron chi connectivity index (χ0n) is 16.4. The van der Waals surface area contributed by atoms with Crippen LogP contribution in [0.4, 0.5) is 8.78 Å². The maximum absolute atomic E-state index is 13.5. The largest absolute Gasteiger partial charge is 0.471 e. The molecular formula is C23H19F2N3O3. The van der Waals surface area contributed by atoms with Crippen LogP contribution in [0.25, 0.3) is 0 Å². The van der Waals surface area contributed by atoms with Crippen molar-refractivity contribution < 1.29 is 22.7 Å². The lowest BCUT2D eigenvalue weighted by molar-refractivity contribution is 0.0943. The van der Waals surface area contributed by atoms with E-state index in [2.05, 4.69) is 10.4 Å². The topological polar surface area (TPSA) is 69.3 Å². The second-order valence-electron chi connectivity index (χ2n) is 6.86. The summed E-state index contributed by atoms with van der Waals surface area (Å²) in [6.07, 6.45) is 3.05. The highest BCUT2D eigenvalue weighted by Crippen LogP contribution is 2.19. The van der Waals surface area contributed by atoms with Gasteiger partial charge in [-0.25, -0.2) is 8.78 Å². The molecule has 0 atom stereocenters. The first-order valence-electron chi connectivity index (χ1n) is 9.56. The number of rotatable bonds is 8. The lowest BCUT2D eigenvalue weighted by Gasteiger charge is -2.06. The minimum absolute atomic E-state index is 0.0349. The second-order valence-corrected chi connectivity index (χ2v) is 6.86. The predicted molar refractivity (Wildman–Crippen MR) is 108 cm³/mol. The van der Waals surface area contributed by atoms with Gasteiger partial charge in [-0.3, -0.25) is 9.48 Å². The number of nitrogens with one attached hydrogen (secondary N) is 1. The standard InChI is InChI=1S/C23H19F2N3O3/c24-18-6-1-4-16(10-18)13-28-14-21(22(29)26-12-20-8-3-9-30-20)23(27-28)31-15-17-5-2-7-19(25)11-17/h1-11,14H,12-13,15H2,(H,26,29). The minimum Gasteiger partial charge on any atom is -0.471 e. The Morgan fingerprint density at radius 3 is 2.48 bits per heavy atom. The van der Waals surface area contributed by atoms with Gasteiger partial charge < -0.3 is 14.5 Å². The van der Waals surface area contributed by atoms with Crippen LogP contribution in [0.15, 0.2) is 77.5 Å². The van der Waals surface area contributed by atoms with E-state index in [1.807, 2.05) is 0 Å². The van der Waals surface area contributed by atoms with Crippen molar-refractivity contribution in [3.8, 4) is 5.88 Å². The van der Waals surface area contributed by atoms with Crippen molar-refractivity contribution in [2.45, 2.75) is 19.7 Å². The van der Waals surface area contributed by atoms with Crippen molar-refractivity contribution >= 4 is 5.91 Å². The van der Waals surface area contributed by atoms with Gasteiger partial charge in [-0.1, -0.05) is 24.3 Å². The number of amides is 1. The summed E-state index contributed by atoms with van der Waals surface area (Å²) in [6, 6.07) is 15.6. The Labute approximate surface area is 177 Å². The lowest BCUT2D eigenvalue weighted by Crippen LogP contribution is -2.22. The summed E-state index contributed by atoms with van der Waals surface area (Å²) < 4.78 is 39.4. The number of halogens is 2. The highest BCUT2D eigenvalue weighted by Gasteiger charge is 2.19. The van der Waals surface area contributed by atoms with E-state index in [1.54, 1.807) is 36.4 Å². The first kappa shape index (κ1) is 20.3. The van der Waals surface area contributed by atoms with E-state index >= 15 is 0 Å². The Kier molecular flexibility index (Phi) is 6.07. The number of hydrogen-bond acceptors (Lipinski definition) is 4. The Hall–Kier alpha value is -3.94. The van der Waals surface area contributed by atoms with Crippen LogP contribution in [0.2, 0.25) is 0 Å². The quantitative estimate of drug-likeness (QED) is 0.459. The number of hydrogen-bond donors (Lipinski definition) is 1. The average molecular weight is 423 g/mol. The van der Waals surface area contributed by atoms with Gasteiger partial charge in [-0.2, -0.15) is 0 Å². The van der Waals surface area contributed by atoms with Gasteiger partial charge >= 0.3 is 0 Å². The number of nitrogens with zero attached hydrogens (tertiary/aromatic N) is 2. The molecule has 31 heavy (non-hydrogen) atoms. The molecule has 0 radical (unpaired) electrons. The molecule has 2 heterocycles. The molecule has 0 saturated heterocycles. The van der Waals surface area contributed by atoms with E-state index in [-0.39, 0.29) is 42.8 Å². The van der Waals surface area contributed by atoms with Crippen LogP contribution >= 0.6 is 0 Å². The molecule has 2 aromatic heterocycles. The highest BCUT2D eigenvalue weighted by atomic mass is 19.1. The van der Waals surface area contributed by atoms with Crippen LogP contribution in [-0.4, -0.2) is 15.7 Å². The van der Waals surface area contributed by atoms with E-state index in [1.165, 1.54) is 41.4 Å². The molecule has 1 N–H and O–H groups in total. The van der Waals surface area contributed by atoms with Crippen molar-refractivity contribution in [1.29, 1.82) is 0 Å². The fourth-order valence-electron chi connectivity index (χ4n) is 3.02. The molecule has 0 aliphatic carbocycles. The van der Waals surface area contributed by atoms with Crippen molar-refractivity contribution in [2.75, 3.05) is 0 Å². The van der Waals surface area contributed by atoms with E-state index in [0.29, 0.717) is 16.9 Å². The van der Waals surface area contributed by atoms with Crippen LogP contribution in [-0.2, 0) is 19.7 Å². The zero-order chi connectivity index (χ0) is 21.6. The summed E-state index contributed by atoms with van der Waals surface area (Å²) >= 11 is 0. The fraction of sp³-hybridized carbons (Fsp3) is 0.130. The van der Waals surface area contributed by atoms with E-state index < -0.39 is 5.91 Å². The van der Waals surface area contributed by atoms with Gasteiger partial charge in [0.05, 0.1) is 19.4 Å². The Morgan fingerprint density at radius 1 is 1.03 bits per heavy atom. The molecule has 0 bridgehead atoms. The van der Waals surface area contributed by atoms with Gasteiger partial charge in [0, 0.05) is 6.20 Å². The van der Waals surface area contributed by atoms with E-state index in [4.69, 9.17) is 9.15 Å². The van der Waals surface area contributed by atoms with Crippen LogP contribution in [0.1, 0.15) is 27.2 Å². The van der Waals surface area contributed by atoms with Gasteiger partial charge in [0.1, 0.15) is 29.6 Å². The molecule has 4 rings (SSSR count). The van der Waals surface area contributed by atoms with E-state index in [9.17, 15) is 13.6 Å². The summed E-state index contributed by atoms with van der Waals surface area (Å²) in [6.45, 7) is 0.483. The molecule has 0 spiro atoms. The minimum atomic E-state index is -0.406. The maximum atomic E-state index is 13.5. The molecule has 4 aromatic rings. The van der Waals surface area contributed by atoms with Crippen molar-refractivity contribution in [3.63, 3.8) is 0 Å². The van der Waals surface area contributed by atoms with Crippen LogP contribution in [0.5, 0.6) is 5.88 Å². The first-order chi connectivity index (χ1) is 15.1. The van der Waals surface area contributed by atoms with Crippen LogP contribution in [0.3, 0.4) is 0 Å². The number of benzene rings is 2. The molecule has 0 fully saturated rings. The summed E-state index contributed by atoms with van der Waals surface area (Å²) in [5.74, 6) is -0.450. The number of carbonyl (C=O) groups is 1. The molecular weight excluding hydrogens is 404 g/mol. The average Bonchev–Trinajstić information content (AvgIpc) is 3.40. The van der Waals surface area contributed by atoms with Gasteiger partial charge in [0.15, 0.2) is 0 Å². The molecule has 2 aromatic carbocycles. The zero-order valence-corrected chi connectivity index (χ0v) is 16.4. The molecule has 0 aliphatic heterocycles. The van der Waals surface area contributed by atoms with Gasteiger partial charge in [0.2, 0.25) is 5.88 Å². The first-order valence-corrected chi connectivity index (χ1v) is 9.56. The monoisotopic (exact) mass is 423 g/mol. The third-order valence-corrected chi connectivity index (χ3v) is 4.47. The number of aromatic nitrogens is 2. The van der Waals surface area contributed by atoms with Crippen LogP contribution < -0.4 is 10.1 Å². The molecule has 158 valence electrons. The molecule has 0 saturated carbocycles. The van der Waals surface area contributed by atoms with Crippen molar-refractivity contribution in [1.82, 2.24) is 15.1 Å². The summed E-state index contributed by atoms with van der Waals surface area (Å²) in [4.78, 5) is 12.7. The Balaban J connectivity index is 1.54. The van der Waals surface area contributed by atoms with Gasteiger partial charge in [-0.15, -0.1) is 5.10 Å². The lowest BCUT2D eigenvalue weighted by atomic mass is 10.2. The van der Waals surface area contributed by atoms with E-state index in [0.717, 1.165) is 0 Å². The SMILES string of the molecule is O=C(NCc1ccco1)c1cn(Cc2cccc(F)c2)nc1OCc1cccc(F)c1. The van der Waals surface area contributed by atoms with Gasteiger partial charge in [-0.05, 0) is 47.5 Å². The smallest absolute Gasteiger partial charge is 0.258 e. The molecule has 8 heteroatoms. The summed E-state index contributed by atoms with van der Waals surface area (Å²) in [5.41, 5.74) is 1.49. The number of furan rings is 1. The maximum Gasteiger partial charge on any atom is 0.258 e.